The molecule has 0 spiro atoms. The molecule has 0 aliphatic rings. The lowest BCUT2D eigenvalue weighted by molar-refractivity contribution is -0.274. The van der Waals surface area contributed by atoms with Crippen LogP contribution in [0, 0.1) is 0 Å². The number of hydrogen-bond acceptors (Lipinski definition) is 3. The first-order valence-electron chi connectivity index (χ1n) is 5.73. The number of benzene rings is 1. The molecule has 1 aromatic carbocycles. The number of carbonyl (C=O) groups excluding carboxylic acids is 1. The lowest BCUT2D eigenvalue weighted by Gasteiger charge is -2.10. The van der Waals surface area contributed by atoms with Crippen molar-refractivity contribution in [2.24, 2.45) is 0 Å². The molecule has 4 nitrogen and oxygen atoms in total. The molecule has 0 bridgehead atoms. The van der Waals surface area contributed by atoms with Gasteiger partial charge in [-0.15, -0.1) is 13.2 Å². The molecular formula is C13H7Cl2F3N2O2. The van der Waals surface area contributed by atoms with E-state index in [4.69, 9.17) is 23.2 Å². The average molecular weight is 351 g/mol. The fraction of sp³-hybridized carbons (Fsp3) is 0.0769. The number of nitrogens with zero attached hydrogens (tertiary/aromatic N) is 1. The highest BCUT2D eigenvalue weighted by atomic mass is 35.5. The van der Waals surface area contributed by atoms with E-state index in [0.29, 0.717) is 0 Å². The van der Waals surface area contributed by atoms with Crippen molar-refractivity contribution in [3.05, 3.63) is 52.3 Å². The zero-order chi connectivity index (χ0) is 16.3. The van der Waals surface area contributed by atoms with E-state index < -0.39 is 18.0 Å². The van der Waals surface area contributed by atoms with Crippen LogP contribution in [0.3, 0.4) is 0 Å². The maximum atomic E-state index is 12.0. The SMILES string of the molecule is O=C(Nc1ccc(OC(F)(F)F)cc1)c1cc(Cl)cnc1Cl. The van der Waals surface area contributed by atoms with E-state index in [1.807, 2.05) is 0 Å². The Balaban J connectivity index is 2.10. The Kier molecular flexibility index (Phi) is 4.77. The number of nitrogens with one attached hydrogen (secondary N) is 1. The molecule has 2 aromatic rings. The van der Waals surface area contributed by atoms with Gasteiger partial charge in [0.15, 0.2) is 0 Å². The number of ether oxygens (including phenoxy) is 1. The fourth-order valence-electron chi connectivity index (χ4n) is 1.52. The maximum absolute atomic E-state index is 12.0. The van der Waals surface area contributed by atoms with Gasteiger partial charge in [0, 0.05) is 11.9 Å². The normalized spacial score (nSPS) is 11.1. The monoisotopic (exact) mass is 350 g/mol. The molecular weight excluding hydrogens is 344 g/mol. The van der Waals surface area contributed by atoms with E-state index in [1.165, 1.54) is 24.4 Å². The number of hydrogen-bond donors (Lipinski definition) is 1. The molecule has 0 aliphatic carbocycles. The first-order valence-corrected chi connectivity index (χ1v) is 6.48. The van der Waals surface area contributed by atoms with E-state index in [-0.39, 0.29) is 21.4 Å². The number of rotatable bonds is 3. The van der Waals surface area contributed by atoms with Gasteiger partial charge >= 0.3 is 6.36 Å². The lowest BCUT2D eigenvalue weighted by atomic mass is 10.2. The number of aromatic nitrogens is 1. The second kappa shape index (κ2) is 6.41. The van der Waals surface area contributed by atoms with Gasteiger partial charge < -0.3 is 10.1 Å². The Morgan fingerprint density at radius 1 is 1.18 bits per heavy atom. The number of halogens is 5. The van der Waals surface area contributed by atoms with Crippen molar-refractivity contribution in [2.45, 2.75) is 6.36 Å². The van der Waals surface area contributed by atoms with Gasteiger partial charge in [0.1, 0.15) is 10.9 Å². The van der Waals surface area contributed by atoms with Gasteiger partial charge in [-0.2, -0.15) is 0 Å². The van der Waals surface area contributed by atoms with E-state index in [1.54, 1.807) is 0 Å². The van der Waals surface area contributed by atoms with Gasteiger partial charge in [-0.1, -0.05) is 23.2 Å². The zero-order valence-electron chi connectivity index (χ0n) is 10.6. The molecule has 22 heavy (non-hydrogen) atoms. The summed E-state index contributed by atoms with van der Waals surface area (Å²) in [6.07, 6.45) is -3.49. The van der Waals surface area contributed by atoms with Gasteiger partial charge in [-0.05, 0) is 30.3 Å². The van der Waals surface area contributed by atoms with E-state index in [0.717, 1.165) is 12.1 Å². The predicted molar refractivity (Wildman–Crippen MR) is 75.3 cm³/mol. The highest BCUT2D eigenvalue weighted by Crippen LogP contribution is 2.24. The smallest absolute Gasteiger partial charge is 0.406 e. The van der Waals surface area contributed by atoms with Crippen molar-refractivity contribution in [3.8, 4) is 5.75 Å². The van der Waals surface area contributed by atoms with Crippen molar-refractivity contribution in [1.29, 1.82) is 0 Å². The summed E-state index contributed by atoms with van der Waals surface area (Å²) in [5.74, 6) is -0.988. The van der Waals surface area contributed by atoms with Crippen molar-refractivity contribution in [2.75, 3.05) is 5.32 Å². The molecule has 1 aromatic heterocycles. The first kappa shape index (κ1) is 16.4. The molecule has 1 amide bonds. The summed E-state index contributed by atoms with van der Waals surface area (Å²) >= 11 is 11.5. The van der Waals surface area contributed by atoms with Gasteiger partial charge in [0.25, 0.3) is 5.91 Å². The molecule has 0 saturated carbocycles. The van der Waals surface area contributed by atoms with Crippen molar-refractivity contribution < 1.29 is 22.7 Å². The number of amides is 1. The Bertz CT molecular complexity index is 691. The van der Waals surface area contributed by atoms with Crippen LogP contribution in [0.25, 0.3) is 0 Å². The Morgan fingerprint density at radius 3 is 2.41 bits per heavy atom. The van der Waals surface area contributed by atoms with Crippen LogP contribution in [0.4, 0.5) is 18.9 Å². The van der Waals surface area contributed by atoms with Crippen LogP contribution < -0.4 is 10.1 Å². The van der Waals surface area contributed by atoms with Crippen LogP contribution in [0.15, 0.2) is 36.5 Å². The number of alkyl halides is 3. The summed E-state index contributed by atoms with van der Waals surface area (Å²) in [5.41, 5.74) is 0.306. The van der Waals surface area contributed by atoms with Crippen LogP contribution in [-0.2, 0) is 0 Å². The molecule has 116 valence electrons. The van der Waals surface area contributed by atoms with E-state index in [2.05, 4.69) is 15.0 Å². The number of pyridine rings is 1. The largest absolute Gasteiger partial charge is 0.573 e. The molecule has 0 fully saturated rings. The zero-order valence-corrected chi connectivity index (χ0v) is 12.1. The summed E-state index contributed by atoms with van der Waals surface area (Å²) in [6, 6.07) is 5.98. The molecule has 2 rings (SSSR count). The minimum Gasteiger partial charge on any atom is -0.406 e. The highest BCUT2D eigenvalue weighted by Gasteiger charge is 2.30. The number of anilines is 1. The van der Waals surface area contributed by atoms with Gasteiger partial charge in [0.2, 0.25) is 0 Å². The molecule has 0 atom stereocenters. The summed E-state index contributed by atoms with van der Waals surface area (Å²) in [7, 11) is 0. The van der Waals surface area contributed by atoms with Crippen molar-refractivity contribution in [1.82, 2.24) is 4.98 Å². The van der Waals surface area contributed by atoms with Gasteiger partial charge in [0.05, 0.1) is 10.6 Å². The third-order valence-electron chi connectivity index (χ3n) is 2.40. The summed E-state index contributed by atoms with van der Waals surface area (Å²) in [4.78, 5) is 15.7. The summed E-state index contributed by atoms with van der Waals surface area (Å²) in [6.45, 7) is 0. The molecule has 0 saturated heterocycles. The quantitative estimate of drug-likeness (QED) is 0.826. The summed E-state index contributed by atoms with van der Waals surface area (Å²) < 4.78 is 39.8. The van der Waals surface area contributed by atoms with Crippen LogP contribution >= 0.6 is 23.2 Å². The second-order valence-corrected chi connectivity index (χ2v) is 4.81. The first-order chi connectivity index (χ1) is 10.2. The van der Waals surface area contributed by atoms with Gasteiger partial charge in [-0.3, -0.25) is 4.79 Å². The van der Waals surface area contributed by atoms with Crippen molar-refractivity contribution >= 4 is 34.8 Å². The van der Waals surface area contributed by atoms with Crippen LogP contribution in [0.1, 0.15) is 10.4 Å². The topological polar surface area (TPSA) is 51.2 Å². The Labute approximate surface area is 132 Å². The summed E-state index contributed by atoms with van der Waals surface area (Å²) in [5, 5.41) is 2.64. The Morgan fingerprint density at radius 2 is 1.82 bits per heavy atom. The van der Waals surface area contributed by atoms with Crippen molar-refractivity contribution in [3.63, 3.8) is 0 Å². The third-order valence-corrected chi connectivity index (χ3v) is 2.90. The second-order valence-electron chi connectivity index (χ2n) is 4.02. The molecule has 9 heteroatoms. The molecule has 0 unspecified atom stereocenters. The van der Waals surface area contributed by atoms with Gasteiger partial charge in [-0.25, -0.2) is 4.98 Å². The minimum atomic E-state index is -4.77. The van der Waals surface area contributed by atoms with Crippen LogP contribution in [0.5, 0.6) is 5.75 Å². The van der Waals surface area contributed by atoms with Crippen LogP contribution in [0.2, 0.25) is 10.2 Å². The molecule has 1 N–H and O–H groups in total. The number of carbonyl (C=O) groups is 1. The maximum Gasteiger partial charge on any atom is 0.573 e. The van der Waals surface area contributed by atoms with E-state index >= 15 is 0 Å². The molecule has 0 radical (unpaired) electrons. The van der Waals surface area contributed by atoms with E-state index in [9.17, 15) is 18.0 Å². The van der Waals surface area contributed by atoms with Crippen LogP contribution in [-0.4, -0.2) is 17.3 Å². The molecule has 1 heterocycles. The predicted octanol–water partition coefficient (Wildman–Crippen LogP) is 4.54. The standard InChI is InChI=1S/C13H7Cl2F3N2O2/c14-7-5-10(11(15)19-6-7)12(21)20-8-1-3-9(4-2-8)22-13(16,17)18/h1-6H,(H,20,21). The Hall–Kier alpha value is -1.99. The average Bonchev–Trinajstić information content (AvgIpc) is 2.42. The fourth-order valence-corrected chi connectivity index (χ4v) is 1.87. The highest BCUT2D eigenvalue weighted by molar-refractivity contribution is 6.35. The molecule has 0 aliphatic heterocycles. The lowest BCUT2D eigenvalue weighted by Crippen LogP contribution is -2.17. The third kappa shape index (κ3) is 4.51. The minimum absolute atomic E-state index is 0.0427.